The van der Waals surface area contributed by atoms with E-state index in [9.17, 15) is 4.57 Å². The molecule has 0 aromatic rings. The fourth-order valence-corrected chi connectivity index (χ4v) is 7.92. The molecule has 0 N–H and O–H groups in total. The van der Waals surface area contributed by atoms with Crippen molar-refractivity contribution in [2.75, 3.05) is 13.3 Å². The van der Waals surface area contributed by atoms with Crippen molar-refractivity contribution in [2.24, 2.45) is 45.3 Å². The summed E-state index contributed by atoms with van der Waals surface area (Å²) in [6.45, 7) is 28.3. The second kappa shape index (κ2) is 9.85. The predicted molar refractivity (Wildman–Crippen MR) is 145 cm³/mol. The van der Waals surface area contributed by atoms with Gasteiger partial charge in [0.2, 0.25) is 0 Å². The first kappa shape index (κ1) is 30.5. The van der Waals surface area contributed by atoms with Gasteiger partial charge in [0, 0.05) is 12.7 Å². The lowest BCUT2D eigenvalue weighted by molar-refractivity contribution is -0.0119. The van der Waals surface area contributed by atoms with Gasteiger partial charge >= 0.3 is 7.60 Å². The zero-order valence-corrected chi connectivity index (χ0v) is 25.2. The molecule has 7 heteroatoms. The van der Waals surface area contributed by atoms with Gasteiger partial charge in [0.1, 0.15) is 7.85 Å². The highest BCUT2D eigenvalue weighted by Gasteiger charge is 2.54. The quantitative estimate of drug-likeness (QED) is 0.303. The summed E-state index contributed by atoms with van der Waals surface area (Å²) in [5, 5.41) is 0. The second-order valence-electron chi connectivity index (χ2n) is 15.3. The lowest BCUT2D eigenvalue weighted by atomic mass is 9.59. The zero-order chi connectivity index (χ0) is 26.7. The minimum Gasteiger partial charge on any atom is -0.382 e. The molecule has 0 aromatic carbocycles. The molecule has 2 aliphatic rings. The lowest BCUT2D eigenvalue weighted by Crippen LogP contribution is -2.41. The molecule has 4 radical (unpaired) electrons. The molecule has 0 amide bonds. The second-order valence-corrected chi connectivity index (χ2v) is 17.3. The minimum atomic E-state index is -3.37. The normalized spacial score (nSPS) is 37.7. The first-order valence-electron chi connectivity index (χ1n) is 13.0. The molecular formula is C27H51B2O4P. The van der Waals surface area contributed by atoms with Crippen molar-refractivity contribution in [3.63, 3.8) is 0 Å². The van der Waals surface area contributed by atoms with Crippen LogP contribution in [0.4, 0.5) is 0 Å². The third-order valence-electron chi connectivity index (χ3n) is 8.11. The predicted octanol–water partition coefficient (Wildman–Crippen LogP) is 7.11. The van der Waals surface area contributed by atoms with Crippen molar-refractivity contribution in [1.29, 1.82) is 0 Å². The molecule has 1 heterocycles. The van der Waals surface area contributed by atoms with Gasteiger partial charge in [-0.1, -0.05) is 95.3 Å². The van der Waals surface area contributed by atoms with E-state index in [0.29, 0.717) is 0 Å². The Labute approximate surface area is 213 Å². The summed E-state index contributed by atoms with van der Waals surface area (Å²) >= 11 is 0. The van der Waals surface area contributed by atoms with Crippen LogP contribution in [-0.2, 0) is 18.3 Å². The van der Waals surface area contributed by atoms with Crippen LogP contribution in [0, 0.1) is 45.3 Å². The highest BCUT2D eigenvalue weighted by Crippen LogP contribution is 2.60. The van der Waals surface area contributed by atoms with Crippen molar-refractivity contribution in [3.8, 4) is 0 Å². The van der Waals surface area contributed by atoms with Gasteiger partial charge < -0.3 is 13.8 Å². The Morgan fingerprint density at radius 1 is 0.794 bits per heavy atom. The Bertz CT molecular complexity index is 744. The summed E-state index contributed by atoms with van der Waals surface area (Å²) in [4.78, 5) is 0. The number of hydrogen-bond donors (Lipinski definition) is 0. The number of hydrogen-bond acceptors (Lipinski definition) is 4. The van der Waals surface area contributed by atoms with Crippen molar-refractivity contribution in [1.82, 2.24) is 0 Å². The number of rotatable bonds is 5. The standard InChI is InChI=1S/C27H51B2O4P/c1-24(2,3)16-14-17(28)19(25(4,5)6)22(16)33-34(13,30)31-15-18-20(26(7,8)9)21(23(29)32-18)27(10,11)12/h16-23H,14-15H2,1-13H3/t16-,17+,18+,19+,20?,21-,22?,23+,34-/m0/s1. The fourth-order valence-electron chi connectivity index (χ4n) is 6.73. The van der Waals surface area contributed by atoms with E-state index >= 15 is 0 Å². The van der Waals surface area contributed by atoms with Crippen LogP contribution in [0.5, 0.6) is 0 Å². The van der Waals surface area contributed by atoms with Gasteiger partial charge in [-0.05, 0) is 45.3 Å². The summed E-state index contributed by atoms with van der Waals surface area (Å²) in [5.41, 5.74) is -0.131. The number of ether oxygens (including phenoxy) is 1. The van der Waals surface area contributed by atoms with Crippen molar-refractivity contribution in [3.05, 3.63) is 0 Å². The average Bonchev–Trinajstić information content (AvgIpc) is 3.08. The Hall–Kier alpha value is 0.240. The van der Waals surface area contributed by atoms with Crippen LogP contribution in [0.3, 0.4) is 0 Å². The van der Waals surface area contributed by atoms with Gasteiger partial charge in [-0.3, -0.25) is 4.57 Å². The monoisotopic (exact) mass is 492 g/mol. The molecule has 2 fully saturated rings. The first-order valence-corrected chi connectivity index (χ1v) is 15.0. The lowest BCUT2D eigenvalue weighted by Gasteiger charge is -2.42. The van der Waals surface area contributed by atoms with Crippen molar-refractivity contribution >= 4 is 23.3 Å². The zero-order valence-electron chi connectivity index (χ0n) is 24.3. The van der Waals surface area contributed by atoms with Crippen molar-refractivity contribution in [2.45, 2.75) is 114 Å². The summed E-state index contributed by atoms with van der Waals surface area (Å²) < 4.78 is 32.4. The van der Waals surface area contributed by atoms with E-state index in [2.05, 4.69) is 83.1 Å². The SMILES string of the molecule is [B][C@@H]1C[C@H](C(C)(C)C)C(O[P@@](C)(=O)OC[C@H]2O[C@@H]([B])[C@@H](C(C)(C)C)C2C(C)(C)C)[C@@H]1C(C)(C)C. The molecule has 1 aliphatic heterocycles. The topological polar surface area (TPSA) is 44.8 Å². The van der Waals surface area contributed by atoms with Gasteiger partial charge in [-0.25, -0.2) is 0 Å². The van der Waals surface area contributed by atoms with Crippen LogP contribution in [0.25, 0.3) is 0 Å². The van der Waals surface area contributed by atoms with E-state index in [1.54, 1.807) is 6.66 Å². The third-order valence-corrected chi connectivity index (χ3v) is 9.35. The molecule has 9 atom stereocenters. The van der Waals surface area contributed by atoms with Crippen LogP contribution in [0.15, 0.2) is 0 Å². The van der Waals surface area contributed by atoms with E-state index < -0.39 is 7.60 Å². The third kappa shape index (κ3) is 6.96. The fraction of sp³-hybridized carbons (Fsp3) is 1.00. The maximum absolute atomic E-state index is 13.7. The van der Waals surface area contributed by atoms with Gasteiger partial charge in [-0.15, -0.1) is 0 Å². The van der Waals surface area contributed by atoms with Gasteiger partial charge in [0.05, 0.1) is 26.7 Å². The Morgan fingerprint density at radius 3 is 1.68 bits per heavy atom. The summed E-state index contributed by atoms with van der Waals surface area (Å²) in [6.07, 6.45) is 0.396. The van der Waals surface area contributed by atoms with E-state index in [-0.39, 0.29) is 76.0 Å². The molecule has 2 rings (SSSR count). The van der Waals surface area contributed by atoms with Crippen LogP contribution >= 0.6 is 7.60 Å². The van der Waals surface area contributed by atoms with Crippen molar-refractivity contribution < 1.29 is 18.3 Å². The van der Waals surface area contributed by atoms with Gasteiger partial charge in [0.15, 0.2) is 0 Å². The van der Waals surface area contributed by atoms with E-state index in [0.717, 1.165) is 6.42 Å². The molecular weight excluding hydrogens is 441 g/mol. The molecule has 194 valence electrons. The van der Waals surface area contributed by atoms with Crippen LogP contribution in [0.2, 0.25) is 5.82 Å². The molecule has 34 heavy (non-hydrogen) atoms. The molecule has 2 unspecified atom stereocenters. The molecule has 1 saturated heterocycles. The van der Waals surface area contributed by atoms with E-state index in [1.807, 2.05) is 0 Å². The first-order chi connectivity index (χ1) is 15.0. The molecule has 4 nitrogen and oxygen atoms in total. The van der Waals surface area contributed by atoms with Crippen LogP contribution in [-0.4, -0.2) is 47.2 Å². The Balaban J connectivity index is 2.24. The smallest absolute Gasteiger partial charge is 0.328 e. The highest BCUT2D eigenvalue weighted by molar-refractivity contribution is 7.53. The van der Waals surface area contributed by atoms with Crippen LogP contribution in [0.1, 0.15) is 89.5 Å². The molecule has 0 aromatic heterocycles. The molecule has 1 aliphatic carbocycles. The highest BCUT2D eigenvalue weighted by atomic mass is 31.2. The minimum absolute atomic E-state index is 0.00297. The largest absolute Gasteiger partial charge is 0.382 e. The van der Waals surface area contributed by atoms with Gasteiger partial charge in [-0.2, -0.15) is 0 Å². The Morgan fingerprint density at radius 2 is 1.26 bits per heavy atom. The maximum atomic E-state index is 13.7. The molecule has 0 spiro atoms. The van der Waals surface area contributed by atoms with Crippen LogP contribution < -0.4 is 0 Å². The summed E-state index contributed by atoms with van der Waals surface area (Å²) in [6, 6.07) is -0.377. The van der Waals surface area contributed by atoms with Gasteiger partial charge in [0.25, 0.3) is 0 Å². The average molecular weight is 492 g/mol. The molecule has 1 saturated carbocycles. The van der Waals surface area contributed by atoms with E-state index in [4.69, 9.17) is 29.5 Å². The molecule has 0 bridgehead atoms. The summed E-state index contributed by atoms with van der Waals surface area (Å²) in [7, 11) is 9.73. The summed E-state index contributed by atoms with van der Waals surface area (Å²) in [5.74, 6) is 0.640. The maximum Gasteiger partial charge on any atom is 0.328 e. The Kier molecular flexibility index (Phi) is 8.82. The van der Waals surface area contributed by atoms with E-state index in [1.165, 1.54) is 0 Å².